The van der Waals surface area contributed by atoms with Crippen molar-refractivity contribution in [3.63, 3.8) is 0 Å². The number of aromatic nitrogens is 2. The Morgan fingerprint density at radius 1 is 1.53 bits per heavy atom. The molecule has 2 rings (SSSR count). The maximum Gasteiger partial charge on any atom is 0.249 e. The number of anilines is 1. The third-order valence-electron chi connectivity index (χ3n) is 1.77. The Kier molecular flexibility index (Phi) is 2.53. The van der Waals surface area contributed by atoms with E-state index in [-0.39, 0.29) is 0 Å². The molecule has 0 fully saturated rings. The van der Waals surface area contributed by atoms with Crippen molar-refractivity contribution >= 4 is 18.1 Å². The molecule has 1 N–H and O–H groups in total. The van der Waals surface area contributed by atoms with Gasteiger partial charge in [-0.05, 0) is 6.92 Å². The van der Waals surface area contributed by atoms with Crippen LogP contribution in [0.1, 0.15) is 6.92 Å². The van der Waals surface area contributed by atoms with E-state index < -0.39 is 0 Å². The Labute approximate surface area is 86.8 Å². The number of hydrogen-bond acceptors (Lipinski definition) is 5. The molecule has 1 aromatic heterocycles. The lowest BCUT2D eigenvalue weighted by atomic mass is 10.6. The molecule has 1 radical (unpaired) electrons. The minimum Gasteiger partial charge on any atom is -0.477 e. The van der Waals surface area contributed by atoms with Gasteiger partial charge in [-0.15, -0.1) is 15.3 Å². The predicted molar refractivity (Wildman–Crippen MR) is 56.1 cm³/mol. The highest BCUT2D eigenvalue weighted by Crippen LogP contribution is 2.15. The first kappa shape index (κ1) is 9.50. The first-order chi connectivity index (χ1) is 7.29. The van der Waals surface area contributed by atoms with Crippen LogP contribution >= 0.6 is 0 Å². The van der Waals surface area contributed by atoms with Crippen molar-refractivity contribution in [2.45, 2.75) is 6.92 Å². The van der Waals surface area contributed by atoms with Gasteiger partial charge in [0.05, 0.1) is 6.61 Å². The molecule has 2 heterocycles. The SMILES string of the molecule is CCOc1cc(NC2=NN=C[N]2)n(C)n1. The van der Waals surface area contributed by atoms with Crippen molar-refractivity contribution in [1.82, 2.24) is 15.1 Å². The van der Waals surface area contributed by atoms with Gasteiger partial charge in [0.15, 0.2) is 0 Å². The molecule has 0 unspecified atom stereocenters. The minimum absolute atomic E-state index is 0.445. The molecule has 1 aromatic rings. The van der Waals surface area contributed by atoms with E-state index in [2.05, 4.69) is 25.9 Å². The molecule has 1 aliphatic heterocycles. The topological polar surface area (TPSA) is 77.9 Å². The zero-order chi connectivity index (χ0) is 10.7. The molecule has 1 aliphatic rings. The number of ether oxygens (including phenoxy) is 1. The molecular weight excluding hydrogens is 196 g/mol. The van der Waals surface area contributed by atoms with Crippen molar-refractivity contribution in [3.05, 3.63) is 6.07 Å². The number of nitrogens with zero attached hydrogens (tertiary/aromatic N) is 5. The molecule has 0 saturated heterocycles. The van der Waals surface area contributed by atoms with E-state index in [0.29, 0.717) is 18.4 Å². The summed E-state index contributed by atoms with van der Waals surface area (Å²) in [6, 6.07) is 1.78. The van der Waals surface area contributed by atoms with Crippen molar-refractivity contribution in [3.8, 4) is 5.88 Å². The van der Waals surface area contributed by atoms with E-state index in [4.69, 9.17) is 4.74 Å². The van der Waals surface area contributed by atoms with Crippen LogP contribution in [-0.2, 0) is 7.05 Å². The van der Waals surface area contributed by atoms with Crippen LogP contribution in [0.15, 0.2) is 16.3 Å². The predicted octanol–water partition coefficient (Wildman–Crippen LogP) is 0.148. The summed E-state index contributed by atoms with van der Waals surface area (Å²) in [7, 11) is 1.81. The van der Waals surface area contributed by atoms with E-state index >= 15 is 0 Å². The van der Waals surface area contributed by atoms with Gasteiger partial charge in [0, 0.05) is 13.1 Å². The van der Waals surface area contributed by atoms with Crippen LogP contribution < -0.4 is 15.4 Å². The minimum atomic E-state index is 0.445. The van der Waals surface area contributed by atoms with Gasteiger partial charge in [0.2, 0.25) is 11.8 Å². The van der Waals surface area contributed by atoms with Crippen LogP contribution in [0, 0.1) is 0 Å². The normalized spacial score (nSPS) is 13.6. The van der Waals surface area contributed by atoms with E-state index in [1.807, 2.05) is 6.92 Å². The van der Waals surface area contributed by atoms with Crippen molar-refractivity contribution < 1.29 is 4.74 Å². The Bertz CT molecular complexity index is 407. The molecule has 0 aliphatic carbocycles. The number of rotatable bonds is 3. The van der Waals surface area contributed by atoms with Crippen molar-refractivity contribution in [1.29, 1.82) is 0 Å². The first-order valence-electron chi connectivity index (χ1n) is 4.54. The maximum absolute atomic E-state index is 5.26. The maximum atomic E-state index is 5.26. The van der Waals surface area contributed by atoms with Gasteiger partial charge in [-0.25, -0.2) is 4.68 Å². The smallest absolute Gasteiger partial charge is 0.249 e. The van der Waals surface area contributed by atoms with Gasteiger partial charge in [-0.3, -0.25) is 0 Å². The summed E-state index contributed by atoms with van der Waals surface area (Å²) in [6.45, 7) is 2.50. The summed E-state index contributed by atoms with van der Waals surface area (Å²) in [5, 5.41) is 18.4. The van der Waals surface area contributed by atoms with E-state index in [1.165, 1.54) is 6.34 Å². The van der Waals surface area contributed by atoms with Crippen LogP contribution in [0.4, 0.5) is 5.82 Å². The molecule has 7 heteroatoms. The summed E-state index contributed by atoms with van der Waals surface area (Å²) in [5.41, 5.74) is 0. The molecule has 79 valence electrons. The van der Waals surface area contributed by atoms with E-state index in [1.54, 1.807) is 17.8 Å². The monoisotopic (exact) mass is 207 g/mol. The molecule has 15 heavy (non-hydrogen) atoms. The third kappa shape index (κ3) is 2.06. The quantitative estimate of drug-likeness (QED) is 0.766. The fraction of sp³-hybridized carbons (Fsp3) is 0.375. The fourth-order valence-electron chi connectivity index (χ4n) is 1.14. The molecule has 7 nitrogen and oxygen atoms in total. The van der Waals surface area contributed by atoms with Crippen LogP contribution in [0.25, 0.3) is 0 Å². The molecule has 0 bridgehead atoms. The van der Waals surface area contributed by atoms with Gasteiger partial charge in [0.25, 0.3) is 0 Å². The van der Waals surface area contributed by atoms with Gasteiger partial charge in [0.1, 0.15) is 12.2 Å². The molecule has 0 aromatic carbocycles. The van der Waals surface area contributed by atoms with Crippen LogP contribution in [0.5, 0.6) is 5.88 Å². The van der Waals surface area contributed by atoms with Crippen molar-refractivity contribution in [2.24, 2.45) is 17.3 Å². The van der Waals surface area contributed by atoms with Crippen LogP contribution in [0.2, 0.25) is 0 Å². The summed E-state index contributed by atoms with van der Waals surface area (Å²) in [4.78, 5) is 0. The van der Waals surface area contributed by atoms with Crippen LogP contribution in [0.3, 0.4) is 0 Å². The second-order valence-corrected chi connectivity index (χ2v) is 2.83. The number of hydrogen-bond donors (Lipinski definition) is 1. The Morgan fingerprint density at radius 3 is 3.07 bits per heavy atom. The zero-order valence-electron chi connectivity index (χ0n) is 8.51. The molecular formula is C8H11N6O. The fourth-order valence-corrected chi connectivity index (χ4v) is 1.14. The molecule has 0 atom stereocenters. The summed E-state index contributed by atoms with van der Waals surface area (Å²) < 4.78 is 6.91. The first-order valence-corrected chi connectivity index (χ1v) is 4.54. The second-order valence-electron chi connectivity index (χ2n) is 2.83. The Morgan fingerprint density at radius 2 is 2.40 bits per heavy atom. The second kappa shape index (κ2) is 3.99. The largest absolute Gasteiger partial charge is 0.477 e. The highest BCUT2D eigenvalue weighted by molar-refractivity contribution is 6.01. The lowest BCUT2D eigenvalue weighted by Gasteiger charge is -2.01. The Balaban J connectivity index is 2.07. The average molecular weight is 207 g/mol. The standard InChI is InChI=1S/C8H11N6O/c1-3-15-7-4-6(14(2)13-7)11-8-9-5-10-12-8/h4-5H,3H2,1-2H3,(H,11,12). The molecule has 0 amide bonds. The average Bonchev–Trinajstić information content (AvgIpc) is 2.79. The molecule has 0 saturated carbocycles. The molecule has 0 spiro atoms. The number of guanidine groups is 1. The van der Waals surface area contributed by atoms with E-state index in [0.717, 1.165) is 5.82 Å². The van der Waals surface area contributed by atoms with E-state index in [9.17, 15) is 0 Å². The summed E-state index contributed by atoms with van der Waals surface area (Å²) >= 11 is 0. The number of nitrogens with one attached hydrogen (secondary N) is 1. The third-order valence-corrected chi connectivity index (χ3v) is 1.77. The summed E-state index contributed by atoms with van der Waals surface area (Å²) in [5.74, 6) is 1.77. The lowest BCUT2D eigenvalue weighted by molar-refractivity contribution is 0.323. The highest BCUT2D eigenvalue weighted by Gasteiger charge is 2.09. The van der Waals surface area contributed by atoms with Gasteiger partial charge < -0.3 is 10.1 Å². The number of aryl methyl sites for hydroxylation is 1. The van der Waals surface area contributed by atoms with Gasteiger partial charge in [-0.1, -0.05) is 0 Å². The lowest BCUT2D eigenvalue weighted by Crippen LogP contribution is -2.21. The van der Waals surface area contributed by atoms with Crippen LogP contribution in [-0.4, -0.2) is 28.7 Å². The highest BCUT2D eigenvalue weighted by atomic mass is 16.5. The van der Waals surface area contributed by atoms with Crippen molar-refractivity contribution in [2.75, 3.05) is 11.9 Å². The Hall–Kier alpha value is -2.05. The van der Waals surface area contributed by atoms with Gasteiger partial charge >= 0.3 is 0 Å². The zero-order valence-corrected chi connectivity index (χ0v) is 8.51. The van der Waals surface area contributed by atoms with Gasteiger partial charge in [-0.2, -0.15) is 5.32 Å². The summed E-state index contributed by atoms with van der Waals surface area (Å²) in [6.07, 6.45) is 1.38.